The monoisotopic (exact) mass is 244 g/mol. The lowest BCUT2D eigenvalue weighted by molar-refractivity contribution is 0.0696. The van der Waals surface area contributed by atoms with Crippen LogP contribution in [0.15, 0.2) is 30.9 Å². The number of carbonyl (C=O) groups is 1. The van der Waals surface area contributed by atoms with Crippen molar-refractivity contribution in [1.82, 2.24) is 15.0 Å². The van der Waals surface area contributed by atoms with Gasteiger partial charge >= 0.3 is 5.97 Å². The maximum absolute atomic E-state index is 11.3. The zero-order valence-electron chi connectivity index (χ0n) is 9.79. The smallest absolute Gasteiger partial charge is 0.339 e. The SMILES string of the molecule is CCc1ccnc(Nc2ccncn2)c1C(=O)O. The third kappa shape index (κ3) is 2.42. The summed E-state index contributed by atoms with van der Waals surface area (Å²) in [5, 5.41) is 12.1. The van der Waals surface area contributed by atoms with Crippen LogP contribution in [-0.4, -0.2) is 26.0 Å². The summed E-state index contributed by atoms with van der Waals surface area (Å²) in [6, 6.07) is 3.35. The Balaban J connectivity index is 2.42. The Bertz CT molecular complexity index is 557. The van der Waals surface area contributed by atoms with Crippen LogP contribution in [-0.2, 0) is 6.42 Å². The molecule has 0 atom stereocenters. The molecule has 2 aromatic rings. The van der Waals surface area contributed by atoms with E-state index in [0.717, 1.165) is 5.56 Å². The van der Waals surface area contributed by atoms with E-state index in [4.69, 9.17) is 0 Å². The first-order valence-corrected chi connectivity index (χ1v) is 5.46. The van der Waals surface area contributed by atoms with Gasteiger partial charge in [-0.25, -0.2) is 19.7 Å². The Morgan fingerprint density at radius 3 is 2.78 bits per heavy atom. The summed E-state index contributed by atoms with van der Waals surface area (Å²) in [5.41, 5.74) is 0.910. The molecule has 92 valence electrons. The number of pyridine rings is 1. The maximum atomic E-state index is 11.3. The van der Waals surface area contributed by atoms with Crippen LogP contribution in [0.4, 0.5) is 11.6 Å². The molecule has 0 amide bonds. The number of rotatable bonds is 4. The topological polar surface area (TPSA) is 88.0 Å². The Hall–Kier alpha value is -2.50. The van der Waals surface area contributed by atoms with E-state index in [1.165, 1.54) is 6.33 Å². The maximum Gasteiger partial charge on any atom is 0.339 e. The van der Waals surface area contributed by atoms with Crippen molar-refractivity contribution >= 4 is 17.6 Å². The number of hydrogen-bond acceptors (Lipinski definition) is 5. The second kappa shape index (κ2) is 5.22. The largest absolute Gasteiger partial charge is 0.478 e. The van der Waals surface area contributed by atoms with E-state index in [1.807, 2.05) is 6.92 Å². The molecule has 18 heavy (non-hydrogen) atoms. The normalized spacial score (nSPS) is 10.1. The average Bonchev–Trinajstić information content (AvgIpc) is 2.39. The third-order valence-electron chi connectivity index (χ3n) is 2.46. The Morgan fingerprint density at radius 1 is 1.33 bits per heavy atom. The molecule has 0 saturated carbocycles. The fourth-order valence-electron chi connectivity index (χ4n) is 1.62. The van der Waals surface area contributed by atoms with E-state index in [-0.39, 0.29) is 5.56 Å². The molecule has 2 rings (SSSR count). The van der Waals surface area contributed by atoms with E-state index >= 15 is 0 Å². The Labute approximate surface area is 104 Å². The summed E-state index contributed by atoms with van der Waals surface area (Å²) in [7, 11) is 0. The minimum absolute atomic E-state index is 0.179. The summed E-state index contributed by atoms with van der Waals surface area (Å²) in [4.78, 5) is 23.1. The highest BCUT2D eigenvalue weighted by atomic mass is 16.4. The fraction of sp³-hybridized carbons (Fsp3) is 0.167. The van der Waals surface area contributed by atoms with E-state index in [9.17, 15) is 9.90 Å². The molecule has 2 heterocycles. The second-order valence-electron chi connectivity index (χ2n) is 3.57. The van der Waals surface area contributed by atoms with Gasteiger partial charge in [0, 0.05) is 12.4 Å². The number of hydrogen-bond donors (Lipinski definition) is 2. The molecule has 0 saturated heterocycles. The highest BCUT2D eigenvalue weighted by Gasteiger charge is 2.16. The van der Waals surface area contributed by atoms with Crippen LogP contribution in [0, 0.1) is 0 Å². The van der Waals surface area contributed by atoms with Crippen molar-refractivity contribution in [2.45, 2.75) is 13.3 Å². The van der Waals surface area contributed by atoms with Crippen molar-refractivity contribution in [3.05, 3.63) is 42.0 Å². The lowest BCUT2D eigenvalue weighted by Crippen LogP contribution is -2.09. The standard InChI is InChI=1S/C12H12N4O2/c1-2-8-3-6-14-11(10(8)12(17)18)16-9-4-5-13-7-15-9/h3-7H,2H2,1H3,(H,17,18)(H,13,14,15,16). The van der Waals surface area contributed by atoms with E-state index in [2.05, 4.69) is 20.3 Å². The van der Waals surface area contributed by atoms with Gasteiger partial charge in [0.1, 0.15) is 23.5 Å². The number of anilines is 2. The molecule has 6 nitrogen and oxygen atoms in total. The van der Waals surface area contributed by atoms with Gasteiger partial charge in [-0.2, -0.15) is 0 Å². The number of aryl methyl sites for hydroxylation is 1. The minimum atomic E-state index is -1.00. The molecule has 0 aliphatic rings. The van der Waals surface area contributed by atoms with Gasteiger partial charge in [0.2, 0.25) is 0 Å². The summed E-state index contributed by atoms with van der Waals surface area (Å²) in [6.45, 7) is 1.90. The highest BCUT2D eigenvalue weighted by Crippen LogP contribution is 2.20. The zero-order valence-corrected chi connectivity index (χ0v) is 9.79. The lowest BCUT2D eigenvalue weighted by atomic mass is 10.1. The highest BCUT2D eigenvalue weighted by molar-refractivity contribution is 5.95. The predicted octanol–water partition coefficient (Wildman–Crippen LogP) is 1.88. The number of aromatic nitrogens is 3. The molecule has 0 bridgehead atoms. The van der Waals surface area contributed by atoms with Crippen molar-refractivity contribution in [1.29, 1.82) is 0 Å². The van der Waals surface area contributed by atoms with Crippen LogP contribution in [0.5, 0.6) is 0 Å². The van der Waals surface area contributed by atoms with Crippen LogP contribution >= 0.6 is 0 Å². The molecular formula is C12H12N4O2. The van der Waals surface area contributed by atoms with Gasteiger partial charge in [0.15, 0.2) is 0 Å². The van der Waals surface area contributed by atoms with Crippen LogP contribution in [0.2, 0.25) is 0 Å². The molecule has 2 N–H and O–H groups in total. The molecule has 0 aromatic carbocycles. The predicted molar refractivity (Wildman–Crippen MR) is 65.9 cm³/mol. The first-order valence-electron chi connectivity index (χ1n) is 5.46. The van der Waals surface area contributed by atoms with Crippen molar-refractivity contribution in [3.8, 4) is 0 Å². The Kier molecular flexibility index (Phi) is 3.47. The number of nitrogens with zero attached hydrogens (tertiary/aromatic N) is 3. The zero-order chi connectivity index (χ0) is 13.0. The number of carboxylic acid groups (broad SMARTS) is 1. The van der Waals surface area contributed by atoms with Crippen molar-refractivity contribution in [2.75, 3.05) is 5.32 Å². The van der Waals surface area contributed by atoms with Gasteiger partial charge in [0.05, 0.1) is 0 Å². The summed E-state index contributed by atoms with van der Waals surface area (Å²) in [5.74, 6) is -0.203. The lowest BCUT2D eigenvalue weighted by Gasteiger charge is -2.10. The van der Waals surface area contributed by atoms with E-state index in [1.54, 1.807) is 24.5 Å². The van der Waals surface area contributed by atoms with E-state index < -0.39 is 5.97 Å². The van der Waals surface area contributed by atoms with Crippen molar-refractivity contribution in [3.63, 3.8) is 0 Å². The molecule has 0 aliphatic heterocycles. The van der Waals surface area contributed by atoms with Gasteiger partial charge in [0.25, 0.3) is 0 Å². The van der Waals surface area contributed by atoms with Gasteiger partial charge in [-0.3, -0.25) is 0 Å². The first-order chi connectivity index (χ1) is 8.72. The van der Waals surface area contributed by atoms with Crippen LogP contribution in [0.25, 0.3) is 0 Å². The fourth-order valence-corrected chi connectivity index (χ4v) is 1.62. The molecule has 0 spiro atoms. The van der Waals surface area contributed by atoms with Crippen LogP contribution in [0.1, 0.15) is 22.8 Å². The Morgan fingerprint density at radius 2 is 2.17 bits per heavy atom. The molecule has 6 heteroatoms. The van der Waals surface area contributed by atoms with Crippen molar-refractivity contribution in [2.24, 2.45) is 0 Å². The third-order valence-corrected chi connectivity index (χ3v) is 2.46. The molecule has 0 unspecified atom stereocenters. The van der Waals surface area contributed by atoms with Gasteiger partial charge < -0.3 is 10.4 Å². The van der Waals surface area contributed by atoms with E-state index in [0.29, 0.717) is 18.1 Å². The molecule has 0 radical (unpaired) electrons. The quantitative estimate of drug-likeness (QED) is 0.853. The first kappa shape index (κ1) is 12.0. The molecule has 0 fully saturated rings. The van der Waals surface area contributed by atoms with Crippen LogP contribution < -0.4 is 5.32 Å². The van der Waals surface area contributed by atoms with Crippen molar-refractivity contribution < 1.29 is 9.90 Å². The molecular weight excluding hydrogens is 232 g/mol. The van der Waals surface area contributed by atoms with Gasteiger partial charge in [-0.05, 0) is 24.1 Å². The number of nitrogens with one attached hydrogen (secondary N) is 1. The second-order valence-corrected chi connectivity index (χ2v) is 3.57. The molecule has 0 aliphatic carbocycles. The number of carboxylic acids is 1. The average molecular weight is 244 g/mol. The summed E-state index contributed by atoms with van der Waals surface area (Å²) >= 11 is 0. The number of aromatic carboxylic acids is 1. The minimum Gasteiger partial charge on any atom is -0.478 e. The summed E-state index contributed by atoms with van der Waals surface area (Å²) in [6.07, 6.45) is 5.16. The van der Waals surface area contributed by atoms with Gasteiger partial charge in [-0.1, -0.05) is 6.92 Å². The van der Waals surface area contributed by atoms with Crippen LogP contribution in [0.3, 0.4) is 0 Å². The summed E-state index contributed by atoms with van der Waals surface area (Å²) < 4.78 is 0. The molecule has 2 aromatic heterocycles. The van der Waals surface area contributed by atoms with Gasteiger partial charge in [-0.15, -0.1) is 0 Å².